The number of hydrogen-bond donors (Lipinski definition) is 2. The monoisotopic (exact) mass is 311 g/mol. The number of aryl methyl sites for hydroxylation is 1. The third kappa shape index (κ3) is 3.21. The molecule has 2 N–H and O–H groups in total. The summed E-state index contributed by atoms with van der Waals surface area (Å²) in [6.07, 6.45) is 1.65. The summed E-state index contributed by atoms with van der Waals surface area (Å²) < 4.78 is 25.6. The topological polar surface area (TPSA) is 88.2 Å². The van der Waals surface area contributed by atoms with Gasteiger partial charge < -0.3 is 0 Å². The second-order valence-electron chi connectivity index (χ2n) is 3.97. The zero-order valence-corrected chi connectivity index (χ0v) is 12.5. The molecule has 0 saturated carbocycles. The zero-order valence-electron chi connectivity index (χ0n) is 10.9. The fourth-order valence-electron chi connectivity index (χ4n) is 1.50. The van der Waals surface area contributed by atoms with Crippen molar-refractivity contribution in [2.45, 2.75) is 11.8 Å². The van der Waals surface area contributed by atoms with Crippen molar-refractivity contribution in [1.29, 1.82) is 0 Å². The summed E-state index contributed by atoms with van der Waals surface area (Å²) in [6, 6.07) is 5.81. The van der Waals surface area contributed by atoms with E-state index in [0.717, 1.165) is 4.88 Å². The lowest BCUT2D eigenvalue weighted by molar-refractivity contribution is 0.102. The van der Waals surface area contributed by atoms with E-state index < -0.39 is 15.9 Å². The quantitative estimate of drug-likeness (QED) is 0.898. The molecule has 0 bridgehead atoms. The first-order valence-corrected chi connectivity index (χ1v) is 8.00. The van der Waals surface area contributed by atoms with Crippen molar-refractivity contribution in [3.8, 4) is 0 Å². The van der Waals surface area contributed by atoms with Crippen LogP contribution in [0.1, 0.15) is 15.2 Å². The molecule has 106 valence electrons. The largest absolute Gasteiger partial charge is 0.298 e. The molecule has 1 aromatic heterocycles. The predicted molar refractivity (Wildman–Crippen MR) is 77.5 cm³/mol. The average Bonchev–Trinajstić information content (AvgIpc) is 2.84. The van der Waals surface area contributed by atoms with E-state index in [4.69, 9.17) is 0 Å². The number of hydrogen-bond acceptors (Lipinski definition) is 5. The fourth-order valence-corrected chi connectivity index (χ4v) is 2.94. The van der Waals surface area contributed by atoms with Gasteiger partial charge in [0.1, 0.15) is 0 Å². The lowest BCUT2D eigenvalue weighted by atomic mass is 10.2. The molecule has 1 heterocycles. The van der Waals surface area contributed by atoms with E-state index >= 15 is 0 Å². The van der Waals surface area contributed by atoms with Crippen LogP contribution in [-0.2, 0) is 10.0 Å². The highest BCUT2D eigenvalue weighted by Gasteiger charge is 2.14. The summed E-state index contributed by atoms with van der Waals surface area (Å²) >= 11 is 1.35. The summed E-state index contributed by atoms with van der Waals surface area (Å²) in [5.41, 5.74) is 0.258. The predicted octanol–water partition coefficient (Wildman–Crippen LogP) is 1.61. The second-order valence-corrected chi connectivity index (χ2v) is 7.09. The van der Waals surface area contributed by atoms with Gasteiger partial charge in [0.2, 0.25) is 10.0 Å². The number of benzene rings is 1. The number of amides is 1. The van der Waals surface area contributed by atoms with Crippen LogP contribution in [0.25, 0.3) is 0 Å². The van der Waals surface area contributed by atoms with Gasteiger partial charge in [0.15, 0.2) is 5.13 Å². The maximum absolute atomic E-state index is 12.0. The molecule has 0 aliphatic rings. The number of thiazole rings is 1. The van der Waals surface area contributed by atoms with Crippen LogP contribution >= 0.6 is 11.3 Å². The van der Waals surface area contributed by atoms with Gasteiger partial charge in [0, 0.05) is 16.6 Å². The van der Waals surface area contributed by atoms with Gasteiger partial charge in [-0.2, -0.15) is 0 Å². The van der Waals surface area contributed by atoms with E-state index in [2.05, 4.69) is 15.0 Å². The van der Waals surface area contributed by atoms with E-state index in [1.54, 1.807) is 12.3 Å². The lowest BCUT2D eigenvalue weighted by Gasteiger charge is -2.05. The maximum atomic E-state index is 12.0. The number of anilines is 1. The molecule has 0 aliphatic carbocycles. The Morgan fingerprint density at radius 1 is 1.35 bits per heavy atom. The molecule has 20 heavy (non-hydrogen) atoms. The minimum Gasteiger partial charge on any atom is -0.298 e. The number of aromatic nitrogens is 1. The summed E-state index contributed by atoms with van der Waals surface area (Å²) in [6.45, 7) is 1.88. The minimum atomic E-state index is -3.57. The molecule has 0 saturated heterocycles. The molecular weight excluding hydrogens is 298 g/mol. The number of nitrogens with zero attached hydrogens (tertiary/aromatic N) is 1. The van der Waals surface area contributed by atoms with Crippen molar-refractivity contribution in [3.05, 3.63) is 40.9 Å². The van der Waals surface area contributed by atoms with E-state index in [9.17, 15) is 13.2 Å². The average molecular weight is 311 g/mol. The van der Waals surface area contributed by atoms with Crippen molar-refractivity contribution in [2.75, 3.05) is 12.4 Å². The highest BCUT2D eigenvalue weighted by atomic mass is 32.2. The first-order valence-electron chi connectivity index (χ1n) is 5.70. The minimum absolute atomic E-state index is 0.0444. The summed E-state index contributed by atoms with van der Waals surface area (Å²) in [5, 5.41) is 3.11. The van der Waals surface area contributed by atoms with Crippen molar-refractivity contribution in [2.24, 2.45) is 0 Å². The van der Waals surface area contributed by atoms with Crippen LogP contribution in [0.5, 0.6) is 0 Å². The van der Waals surface area contributed by atoms with Gasteiger partial charge in [-0.25, -0.2) is 18.1 Å². The Morgan fingerprint density at radius 3 is 2.70 bits per heavy atom. The second kappa shape index (κ2) is 5.70. The molecule has 2 rings (SSSR count). The van der Waals surface area contributed by atoms with Crippen molar-refractivity contribution in [1.82, 2.24) is 9.71 Å². The Bertz CT molecular complexity index is 738. The van der Waals surface area contributed by atoms with E-state index in [0.29, 0.717) is 5.13 Å². The van der Waals surface area contributed by atoms with Gasteiger partial charge in [-0.05, 0) is 32.2 Å². The Kier molecular flexibility index (Phi) is 4.17. The molecule has 1 amide bonds. The molecular formula is C12H13N3O3S2. The van der Waals surface area contributed by atoms with Crippen LogP contribution in [0.3, 0.4) is 0 Å². The van der Waals surface area contributed by atoms with Gasteiger partial charge in [-0.3, -0.25) is 10.1 Å². The molecule has 6 nitrogen and oxygen atoms in total. The molecule has 0 spiro atoms. The standard InChI is InChI=1S/C12H13N3O3S2/c1-8-7-14-12(19-8)15-11(16)9-4-3-5-10(6-9)20(17,18)13-2/h3-7,13H,1-2H3,(H,14,15,16). The van der Waals surface area contributed by atoms with Crippen LogP contribution < -0.4 is 10.0 Å². The Balaban J connectivity index is 2.25. The van der Waals surface area contributed by atoms with E-state index in [1.165, 1.54) is 36.6 Å². The smallest absolute Gasteiger partial charge is 0.257 e. The first kappa shape index (κ1) is 14.6. The van der Waals surface area contributed by atoms with Crippen LogP contribution in [-0.4, -0.2) is 26.4 Å². The van der Waals surface area contributed by atoms with Gasteiger partial charge in [-0.15, -0.1) is 11.3 Å². The third-order valence-corrected chi connectivity index (χ3v) is 4.76. The van der Waals surface area contributed by atoms with Crippen molar-refractivity contribution >= 4 is 32.4 Å². The highest BCUT2D eigenvalue weighted by Crippen LogP contribution is 2.18. The number of sulfonamides is 1. The fraction of sp³-hybridized carbons (Fsp3) is 0.167. The molecule has 0 unspecified atom stereocenters. The normalized spacial score (nSPS) is 11.3. The zero-order chi connectivity index (χ0) is 14.8. The summed E-state index contributed by atoms with van der Waals surface area (Å²) in [5.74, 6) is -0.396. The van der Waals surface area contributed by atoms with E-state index in [-0.39, 0.29) is 10.5 Å². The Morgan fingerprint density at radius 2 is 2.10 bits per heavy atom. The lowest BCUT2D eigenvalue weighted by Crippen LogP contribution is -2.19. The number of rotatable bonds is 4. The SMILES string of the molecule is CNS(=O)(=O)c1cccc(C(=O)Nc2ncc(C)s2)c1. The molecule has 0 fully saturated rings. The van der Waals surface area contributed by atoms with Gasteiger partial charge >= 0.3 is 0 Å². The van der Waals surface area contributed by atoms with Crippen LogP contribution in [0.15, 0.2) is 35.4 Å². The maximum Gasteiger partial charge on any atom is 0.257 e. The van der Waals surface area contributed by atoms with Gasteiger partial charge in [0.25, 0.3) is 5.91 Å². The number of nitrogens with one attached hydrogen (secondary N) is 2. The Hall–Kier alpha value is -1.77. The first-order chi connectivity index (χ1) is 9.42. The molecule has 0 aliphatic heterocycles. The summed E-state index contributed by atoms with van der Waals surface area (Å²) in [7, 11) is -2.25. The van der Waals surface area contributed by atoms with Crippen molar-refractivity contribution in [3.63, 3.8) is 0 Å². The Labute approximate surface area is 120 Å². The number of carbonyl (C=O) groups excluding carboxylic acids is 1. The summed E-state index contributed by atoms with van der Waals surface area (Å²) in [4.78, 5) is 17.1. The van der Waals surface area contributed by atoms with Crippen molar-refractivity contribution < 1.29 is 13.2 Å². The van der Waals surface area contributed by atoms with Gasteiger partial charge in [0.05, 0.1) is 4.90 Å². The third-order valence-electron chi connectivity index (χ3n) is 2.52. The van der Waals surface area contributed by atoms with E-state index in [1.807, 2.05) is 6.92 Å². The highest BCUT2D eigenvalue weighted by molar-refractivity contribution is 7.89. The molecule has 0 atom stereocenters. The van der Waals surface area contributed by atoms with Crippen LogP contribution in [0.4, 0.5) is 5.13 Å². The molecule has 2 aromatic rings. The van der Waals surface area contributed by atoms with Crippen LogP contribution in [0, 0.1) is 6.92 Å². The molecule has 0 radical (unpaired) electrons. The molecule has 1 aromatic carbocycles. The molecule has 8 heteroatoms. The van der Waals surface area contributed by atoms with Crippen LogP contribution in [0.2, 0.25) is 0 Å². The van der Waals surface area contributed by atoms with Gasteiger partial charge in [-0.1, -0.05) is 6.07 Å². The number of carbonyl (C=O) groups is 1.